The minimum atomic E-state index is -0.622. The summed E-state index contributed by atoms with van der Waals surface area (Å²) < 4.78 is 8.50. The molecule has 2 aliphatic rings. The van der Waals surface area contributed by atoms with E-state index in [0.717, 1.165) is 41.2 Å². The number of ether oxygens (including phenoxy) is 1. The number of hydrogen-bond acceptors (Lipinski definition) is 9. The van der Waals surface area contributed by atoms with E-state index in [1.807, 2.05) is 17.2 Å². The lowest BCUT2D eigenvalue weighted by molar-refractivity contribution is 0.0588. The molecule has 0 aromatic carbocycles. The second-order valence-electron chi connectivity index (χ2n) is 7.94. The highest BCUT2D eigenvalue weighted by molar-refractivity contribution is 7.10. The molecular formula is C19H22N8O3S. The molecule has 31 heavy (non-hydrogen) atoms. The fourth-order valence-electron chi connectivity index (χ4n) is 4.68. The van der Waals surface area contributed by atoms with Gasteiger partial charge in [0.1, 0.15) is 17.8 Å². The molecule has 2 amide bonds. The highest BCUT2D eigenvalue weighted by atomic mass is 32.1. The number of rotatable bonds is 4. The van der Waals surface area contributed by atoms with E-state index in [0.29, 0.717) is 36.1 Å². The van der Waals surface area contributed by atoms with Gasteiger partial charge in [0.05, 0.1) is 12.5 Å². The largest absolute Gasteiger partial charge is 0.463 e. The third-order valence-electron chi connectivity index (χ3n) is 6.24. The fourth-order valence-corrected chi connectivity index (χ4v) is 5.23. The summed E-state index contributed by atoms with van der Waals surface area (Å²) in [6.45, 7) is 1.40. The molecule has 0 spiro atoms. The maximum atomic E-state index is 12.7. The Morgan fingerprint density at radius 1 is 1.29 bits per heavy atom. The topological polar surface area (TPSA) is 129 Å². The number of aromatic amines is 1. The Morgan fingerprint density at radius 3 is 2.81 bits per heavy atom. The number of hydrogen-bond donors (Lipinski definition) is 2. The number of likely N-dealkylation sites (tertiary alicyclic amines) is 1. The van der Waals surface area contributed by atoms with Crippen molar-refractivity contribution in [2.75, 3.05) is 37.5 Å². The number of methoxy groups -OCH3 is 1. The summed E-state index contributed by atoms with van der Waals surface area (Å²) in [6, 6.07) is 2.16. The first kappa shape index (κ1) is 19.7. The molecule has 1 saturated heterocycles. The van der Waals surface area contributed by atoms with Crippen LogP contribution in [-0.4, -0.2) is 74.5 Å². The minimum Gasteiger partial charge on any atom is -0.463 e. The fraction of sp³-hybridized carbons (Fsp3) is 0.474. The average Bonchev–Trinajstić information content (AvgIpc) is 3.54. The summed E-state index contributed by atoms with van der Waals surface area (Å²) in [5.41, 5.74) is 0.838. The molecule has 2 N–H and O–H groups in total. The molecule has 162 valence electrons. The predicted octanol–water partition coefficient (Wildman–Crippen LogP) is 1.97. The van der Waals surface area contributed by atoms with Gasteiger partial charge in [-0.05, 0) is 30.7 Å². The van der Waals surface area contributed by atoms with Crippen LogP contribution in [0, 0.1) is 11.8 Å². The summed E-state index contributed by atoms with van der Waals surface area (Å²) in [4.78, 5) is 44.1. The van der Waals surface area contributed by atoms with Crippen molar-refractivity contribution in [2.24, 2.45) is 11.8 Å². The smallest absolute Gasteiger partial charge is 0.377 e. The van der Waals surface area contributed by atoms with Crippen LogP contribution in [0.2, 0.25) is 0 Å². The van der Waals surface area contributed by atoms with Gasteiger partial charge < -0.3 is 19.5 Å². The Balaban J connectivity index is 1.20. The predicted molar refractivity (Wildman–Crippen MR) is 114 cm³/mol. The van der Waals surface area contributed by atoms with Crippen molar-refractivity contribution in [2.45, 2.75) is 18.9 Å². The number of carbonyl (C=O) groups excluding carboxylic acids is 2. The summed E-state index contributed by atoms with van der Waals surface area (Å²) >= 11 is 0.963. The van der Waals surface area contributed by atoms with E-state index in [-0.39, 0.29) is 11.9 Å². The molecule has 5 rings (SSSR count). The maximum Gasteiger partial charge on any atom is 0.377 e. The summed E-state index contributed by atoms with van der Waals surface area (Å²) in [6.07, 6.45) is 5.48. The van der Waals surface area contributed by atoms with Gasteiger partial charge in [-0.3, -0.25) is 5.32 Å². The molecule has 4 heterocycles. The van der Waals surface area contributed by atoms with Gasteiger partial charge >= 0.3 is 12.0 Å². The van der Waals surface area contributed by atoms with Gasteiger partial charge in [0, 0.05) is 43.9 Å². The number of anilines is 2. The number of urea groups is 1. The number of fused-ring (bicyclic) bond motifs is 2. The standard InChI is InChI=1S/C19H22N8O3S/c1-26(16-13-3-4-20-14(13)21-9-22-16)12-5-10-7-27(8-11(10)6-12)19(29)24-18-23-15(25-31-18)17(28)30-2/h3-4,9-12H,5-8H2,1-2H3,(H,20,21,22)(H,23,24,25,29)/t10-,11?,12?/m1/s1. The molecule has 11 nitrogen and oxygen atoms in total. The summed E-state index contributed by atoms with van der Waals surface area (Å²) in [5, 5.41) is 4.05. The monoisotopic (exact) mass is 442 g/mol. The van der Waals surface area contributed by atoms with Gasteiger partial charge in [0.2, 0.25) is 5.13 Å². The highest BCUT2D eigenvalue weighted by Crippen LogP contribution is 2.41. The molecule has 2 fully saturated rings. The minimum absolute atomic E-state index is 0.0479. The van der Waals surface area contributed by atoms with Crippen molar-refractivity contribution in [3.8, 4) is 0 Å². The maximum absolute atomic E-state index is 12.7. The number of nitrogens with one attached hydrogen (secondary N) is 2. The Hall–Kier alpha value is -3.28. The number of aromatic nitrogens is 5. The van der Waals surface area contributed by atoms with Crippen LogP contribution in [-0.2, 0) is 4.74 Å². The lowest BCUT2D eigenvalue weighted by atomic mass is 10.0. The number of nitrogens with zero attached hydrogens (tertiary/aromatic N) is 6. The van der Waals surface area contributed by atoms with E-state index in [2.05, 4.69) is 46.3 Å². The molecule has 1 saturated carbocycles. The average molecular weight is 443 g/mol. The summed E-state index contributed by atoms with van der Waals surface area (Å²) in [7, 11) is 3.35. The highest BCUT2D eigenvalue weighted by Gasteiger charge is 2.44. The van der Waals surface area contributed by atoms with Gasteiger partial charge in [0.15, 0.2) is 0 Å². The van der Waals surface area contributed by atoms with Crippen LogP contribution in [0.15, 0.2) is 18.6 Å². The van der Waals surface area contributed by atoms with E-state index in [1.54, 1.807) is 6.33 Å². The van der Waals surface area contributed by atoms with E-state index >= 15 is 0 Å². The van der Waals surface area contributed by atoms with Crippen molar-refractivity contribution in [1.82, 2.24) is 29.2 Å². The molecule has 1 aliphatic heterocycles. The van der Waals surface area contributed by atoms with Gasteiger partial charge in [-0.2, -0.15) is 9.36 Å². The second kappa shape index (κ2) is 7.76. The zero-order chi connectivity index (χ0) is 21.5. The molecule has 2 unspecified atom stereocenters. The lowest BCUT2D eigenvalue weighted by Gasteiger charge is -2.27. The normalized spacial score (nSPS) is 22.5. The van der Waals surface area contributed by atoms with Crippen LogP contribution in [0.4, 0.5) is 15.7 Å². The Labute approximate surface area is 182 Å². The zero-order valence-electron chi connectivity index (χ0n) is 17.1. The molecular weight excluding hydrogens is 420 g/mol. The first-order valence-electron chi connectivity index (χ1n) is 10.0. The molecule has 1 aliphatic carbocycles. The Kier molecular flexibility index (Phi) is 4.93. The van der Waals surface area contributed by atoms with Crippen LogP contribution in [0.1, 0.15) is 23.5 Å². The number of esters is 1. The van der Waals surface area contributed by atoms with E-state index in [1.165, 1.54) is 7.11 Å². The van der Waals surface area contributed by atoms with Crippen molar-refractivity contribution >= 4 is 45.5 Å². The number of amides is 2. The van der Waals surface area contributed by atoms with Crippen LogP contribution in [0.5, 0.6) is 0 Å². The van der Waals surface area contributed by atoms with Gasteiger partial charge in [0.25, 0.3) is 5.82 Å². The SMILES string of the molecule is COC(=O)c1nsc(NC(=O)N2CC3CC(N(C)c4ncnc5[nH]ccc45)C[C@@H]3C2)n1. The quantitative estimate of drug-likeness (QED) is 0.587. The second-order valence-corrected chi connectivity index (χ2v) is 8.70. The number of carbonyl (C=O) groups is 2. The van der Waals surface area contributed by atoms with E-state index < -0.39 is 5.97 Å². The van der Waals surface area contributed by atoms with E-state index in [9.17, 15) is 9.59 Å². The van der Waals surface area contributed by atoms with Crippen LogP contribution >= 0.6 is 11.5 Å². The van der Waals surface area contributed by atoms with Gasteiger partial charge in [-0.1, -0.05) is 0 Å². The Bertz CT molecular complexity index is 1120. The zero-order valence-corrected chi connectivity index (χ0v) is 17.9. The van der Waals surface area contributed by atoms with E-state index in [4.69, 9.17) is 0 Å². The third kappa shape index (κ3) is 3.56. The lowest BCUT2D eigenvalue weighted by Crippen LogP contribution is -2.36. The molecule has 3 aromatic heterocycles. The van der Waals surface area contributed by atoms with Gasteiger partial charge in [-0.15, -0.1) is 0 Å². The molecule has 0 bridgehead atoms. The first-order valence-corrected chi connectivity index (χ1v) is 10.8. The van der Waals surface area contributed by atoms with Crippen molar-refractivity contribution < 1.29 is 14.3 Å². The molecule has 12 heteroatoms. The molecule has 3 aromatic rings. The van der Waals surface area contributed by atoms with Gasteiger partial charge in [-0.25, -0.2) is 19.6 Å². The molecule has 3 atom stereocenters. The number of H-pyrrole nitrogens is 1. The Morgan fingerprint density at radius 2 is 2.06 bits per heavy atom. The first-order chi connectivity index (χ1) is 15.0. The van der Waals surface area contributed by atoms with Crippen molar-refractivity contribution in [1.29, 1.82) is 0 Å². The van der Waals surface area contributed by atoms with Crippen LogP contribution in [0.3, 0.4) is 0 Å². The van der Waals surface area contributed by atoms with Crippen molar-refractivity contribution in [3.63, 3.8) is 0 Å². The van der Waals surface area contributed by atoms with Crippen LogP contribution < -0.4 is 10.2 Å². The third-order valence-corrected chi connectivity index (χ3v) is 6.87. The molecule has 0 radical (unpaired) electrons. The van der Waals surface area contributed by atoms with Crippen LogP contribution in [0.25, 0.3) is 11.0 Å². The van der Waals surface area contributed by atoms with Crippen molar-refractivity contribution in [3.05, 3.63) is 24.4 Å². The summed E-state index contributed by atoms with van der Waals surface area (Å²) in [5.74, 6) is 1.16.